The number of ether oxygens (including phenoxy) is 1. The molecule has 2 unspecified atom stereocenters. The maximum atomic E-state index is 11.7. The molecule has 2 atom stereocenters. The van der Waals surface area contributed by atoms with Crippen molar-refractivity contribution in [2.75, 3.05) is 26.8 Å². The average molecular weight is 478 g/mol. The molecule has 0 saturated heterocycles. The van der Waals surface area contributed by atoms with Gasteiger partial charge in [0.25, 0.3) is 0 Å². The standard InChI is InChI=1S/C25H52NO5P/c1-4-6-7-8-9-10-11-12-13-14-15-16-17-18-19-20-24(31-25(27)5-2)23-30-32(28)29-22-21-26-3/h24,26,28H,4-23H2,1-3H3. The SMILES string of the molecule is CCCCCCCCCCCCCCCCCC(COP(O)OCCNC)OC(=O)CC. The maximum absolute atomic E-state index is 11.7. The number of rotatable bonds is 25. The van der Waals surface area contributed by atoms with Crippen molar-refractivity contribution in [3.8, 4) is 0 Å². The average Bonchev–Trinajstić information content (AvgIpc) is 2.79. The lowest BCUT2D eigenvalue weighted by molar-refractivity contribution is -0.150. The topological polar surface area (TPSA) is 77.0 Å². The fourth-order valence-corrected chi connectivity index (χ4v) is 4.21. The van der Waals surface area contributed by atoms with E-state index in [0.717, 1.165) is 19.3 Å². The number of likely N-dealkylation sites (N-methyl/N-ethyl adjacent to an activating group) is 1. The molecule has 6 nitrogen and oxygen atoms in total. The van der Waals surface area contributed by atoms with E-state index in [1.165, 1.54) is 83.5 Å². The Balaban J connectivity index is 3.67. The van der Waals surface area contributed by atoms with Gasteiger partial charge in [0.1, 0.15) is 6.10 Å². The largest absolute Gasteiger partial charge is 0.460 e. The van der Waals surface area contributed by atoms with E-state index < -0.39 is 8.60 Å². The zero-order chi connectivity index (χ0) is 23.7. The van der Waals surface area contributed by atoms with Crippen LogP contribution in [-0.4, -0.2) is 43.8 Å². The summed E-state index contributed by atoms with van der Waals surface area (Å²) < 4.78 is 16.0. The molecule has 0 aromatic rings. The number of carbonyl (C=O) groups is 1. The van der Waals surface area contributed by atoms with E-state index in [2.05, 4.69) is 12.2 Å². The number of nitrogens with one attached hydrogen (secondary N) is 1. The fourth-order valence-electron chi connectivity index (χ4n) is 3.60. The van der Waals surface area contributed by atoms with Gasteiger partial charge in [0.05, 0.1) is 13.2 Å². The van der Waals surface area contributed by atoms with Crippen LogP contribution in [0.4, 0.5) is 0 Å². The van der Waals surface area contributed by atoms with Crippen molar-refractivity contribution >= 4 is 14.6 Å². The second-order valence-corrected chi connectivity index (χ2v) is 9.67. The Morgan fingerprint density at radius 1 is 0.812 bits per heavy atom. The van der Waals surface area contributed by atoms with E-state index in [9.17, 15) is 9.69 Å². The van der Waals surface area contributed by atoms with E-state index in [1.54, 1.807) is 6.92 Å². The van der Waals surface area contributed by atoms with Gasteiger partial charge in [-0.1, -0.05) is 104 Å². The minimum atomic E-state index is -1.92. The van der Waals surface area contributed by atoms with Gasteiger partial charge in [0, 0.05) is 13.0 Å². The molecule has 0 rings (SSSR count). The normalized spacial score (nSPS) is 13.2. The van der Waals surface area contributed by atoms with Crippen LogP contribution in [-0.2, 0) is 18.6 Å². The summed E-state index contributed by atoms with van der Waals surface area (Å²) in [5.74, 6) is -0.224. The van der Waals surface area contributed by atoms with Crippen molar-refractivity contribution < 1.29 is 23.5 Å². The van der Waals surface area contributed by atoms with Gasteiger partial charge in [0.2, 0.25) is 0 Å². The van der Waals surface area contributed by atoms with E-state index in [1.807, 2.05) is 7.05 Å². The Bertz CT molecular complexity index is 401. The number of hydrogen-bond donors (Lipinski definition) is 2. The van der Waals surface area contributed by atoms with Gasteiger partial charge >= 0.3 is 14.6 Å². The van der Waals surface area contributed by atoms with Crippen LogP contribution in [0.3, 0.4) is 0 Å². The quantitative estimate of drug-likeness (QED) is 0.0834. The lowest BCUT2D eigenvalue weighted by Crippen LogP contribution is -2.23. The summed E-state index contributed by atoms with van der Waals surface area (Å²) in [6.07, 6.45) is 20.7. The second kappa shape index (κ2) is 25.4. The minimum Gasteiger partial charge on any atom is -0.460 e. The molecular weight excluding hydrogens is 425 g/mol. The Labute approximate surface area is 199 Å². The Morgan fingerprint density at radius 2 is 1.31 bits per heavy atom. The van der Waals surface area contributed by atoms with Crippen molar-refractivity contribution in [3.63, 3.8) is 0 Å². The van der Waals surface area contributed by atoms with Crippen LogP contribution in [0.15, 0.2) is 0 Å². The minimum absolute atomic E-state index is 0.187. The smallest absolute Gasteiger partial charge is 0.330 e. The van der Waals surface area contributed by atoms with Gasteiger partial charge < -0.3 is 24.0 Å². The molecule has 0 fully saturated rings. The third-order valence-corrected chi connectivity index (χ3v) is 6.41. The third kappa shape index (κ3) is 22.9. The molecule has 32 heavy (non-hydrogen) atoms. The number of hydrogen-bond acceptors (Lipinski definition) is 6. The molecule has 0 bridgehead atoms. The first-order chi connectivity index (χ1) is 15.6. The number of carbonyl (C=O) groups excluding carboxylic acids is 1. The molecule has 192 valence electrons. The molecule has 0 aromatic heterocycles. The fraction of sp³-hybridized carbons (Fsp3) is 0.960. The zero-order valence-corrected chi connectivity index (χ0v) is 22.1. The molecule has 7 heteroatoms. The molecule has 0 aliphatic carbocycles. The summed E-state index contributed by atoms with van der Waals surface area (Å²) in [6, 6.07) is 0. The summed E-state index contributed by atoms with van der Waals surface area (Å²) in [6.45, 7) is 5.28. The van der Waals surface area contributed by atoms with Crippen LogP contribution in [0.25, 0.3) is 0 Å². The van der Waals surface area contributed by atoms with Gasteiger partial charge in [-0.05, 0) is 19.9 Å². The molecule has 0 aromatic carbocycles. The van der Waals surface area contributed by atoms with Crippen LogP contribution >= 0.6 is 8.60 Å². The predicted molar refractivity (Wildman–Crippen MR) is 135 cm³/mol. The molecule has 2 N–H and O–H groups in total. The van der Waals surface area contributed by atoms with Crippen LogP contribution in [0.2, 0.25) is 0 Å². The van der Waals surface area contributed by atoms with Crippen LogP contribution in [0.5, 0.6) is 0 Å². The van der Waals surface area contributed by atoms with Crippen LogP contribution < -0.4 is 5.32 Å². The van der Waals surface area contributed by atoms with Crippen LogP contribution in [0, 0.1) is 0 Å². The Kier molecular flexibility index (Phi) is 25.2. The highest BCUT2D eigenvalue weighted by atomic mass is 31.2. The third-order valence-electron chi connectivity index (χ3n) is 5.64. The monoisotopic (exact) mass is 477 g/mol. The first kappa shape index (κ1) is 31.7. The maximum Gasteiger partial charge on any atom is 0.330 e. The van der Waals surface area contributed by atoms with E-state index >= 15 is 0 Å². The summed E-state index contributed by atoms with van der Waals surface area (Å²) in [5, 5.41) is 2.94. The summed E-state index contributed by atoms with van der Waals surface area (Å²) in [7, 11) is -0.103. The number of esters is 1. The van der Waals surface area contributed by atoms with Crippen molar-refractivity contribution in [1.82, 2.24) is 5.32 Å². The summed E-state index contributed by atoms with van der Waals surface area (Å²) in [4.78, 5) is 21.4. The molecule has 0 heterocycles. The van der Waals surface area contributed by atoms with Crippen molar-refractivity contribution in [1.29, 1.82) is 0 Å². The predicted octanol–water partition coefficient (Wildman–Crippen LogP) is 7.04. The summed E-state index contributed by atoms with van der Waals surface area (Å²) >= 11 is 0. The van der Waals surface area contributed by atoms with Crippen molar-refractivity contribution in [3.05, 3.63) is 0 Å². The van der Waals surface area contributed by atoms with Crippen LogP contribution in [0.1, 0.15) is 123 Å². The number of unbranched alkanes of at least 4 members (excludes halogenated alkanes) is 14. The molecule has 0 amide bonds. The summed E-state index contributed by atoms with van der Waals surface area (Å²) in [5.41, 5.74) is 0. The van der Waals surface area contributed by atoms with E-state index in [-0.39, 0.29) is 18.7 Å². The molecule has 0 aliphatic rings. The van der Waals surface area contributed by atoms with E-state index in [4.69, 9.17) is 13.8 Å². The van der Waals surface area contributed by atoms with Gasteiger partial charge in [-0.2, -0.15) is 0 Å². The zero-order valence-electron chi connectivity index (χ0n) is 21.2. The first-order valence-corrected chi connectivity index (χ1v) is 14.4. The molecular formula is C25H52NO5P. The lowest BCUT2D eigenvalue weighted by Gasteiger charge is -2.19. The second-order valence-electron chi connectivity index (χ2n) is 8.67. The molecule has 0 aliphatic heterocycles. The highest BCUT2D eigenvalue weighted by molar-refractivity contribution is 7.40. The van der Waals surface area contributed by atoms with Crippen molar-refractivity contribution in [2.45, 2.75) is 129 Å². The highest BCUT2D eigenvalue weighted by Gasteiger charge is 2.17. The van der Waals surface area contributed by atoms with E-state index in [0.29, 0.717) is 19.6 Å². The van der Waals surface area contributed by atoms with Gasteiger partial charge in [-0.25, -0.2) is 0 Å². The Hall–Kier alpha value is -0.260. The van der Waals surface area contributed by atoms with Gasteiger partial charge in [-0.15, -0.1) is 0 Å². The van der Waals surface area contributed by atoms with Gasteiger partial charge in [-0.3, -0.25) is 4.79 Å². The molecule has 0 spiro atoms. The highest BCUT2D eigenvalue weighted by Crippen LogP contribution is 2.33. The molecule has 0 radical (unpaired) electrons. The molecule has 0 saturated carbocycles. The Morgan fingerprint density at radius 3 is 1.78 bits per heavy atom. The van der Waals surface area contributed by atoms with Gasteiger partial charge in [0.15, 0.2) is 0 Å². The lowest BCUT2D eigenvalue weighted by atomic mass is 10.0. The first-order valence-electron chi connectivity index (χ1n) is 13.2. The van der Waals surface area contributed by atoms with Crippen molar-refractivity contribution in [2.24, 2.45) is 0 Å².